The third-order valence-corrected chi connectivity index (χ3v) is 3.92. The van der Waals surface area contributed by atoms with E-state index >= 15 is 0 Å². The minimum absolute atomic E-state index is 0.153. The lowest BCUT2D eigenvalue weighted by molar-refractivity contribution is 0.0952. The lowest BCUT2D eigenvalue weighted by Crippen LogP contribution is -2.31. The Bertz CT molecular complexity index is 767. The standard InChI is InChI=1S/C17H17FN2O2/c18-13-5-1-3-11(9-13)7-8-19-16(21)14-10-12-4-2-6-15(12)20-17(14)22/h1,3,5,9-10H,2,4,6-8H2,(H,19,21)(H,20,22). The summed E-state index contributed by atoms with van der Waals surface area (Å²) in [5.74, 6) is -0.675. The van der Waals surface area contributed by atoms with Crippen LogP contribution in [0.2, 0.25) is 0 Å². The Morgan fingerprint density at radius 2 is 2.14 bits per heavy atom. The number of pyridine rings is 1. The number of aromatic amines is 1. The summed E-state index contributed by atoms with van der Waals surface area (Å²) in [7, 11) is 0. The predicted molar refractivity (Wildman–Crippen MR) is 81.5 cm³/mol. The van der Waals surface area contributed by atoms with Gasteiger partial charge in [0, 0.05) is 12.2 Å². The lowest BCUT2D eigenvalue weighted by atomic mass is 10.1. The van der Waals surface area contributed by atoms with Crippen LogP contribution in [0.15, 0.2) is 35.1 Å². The predicted octanol–water partition coefficient (Wildman–Crippen LogP) is 1.98. The quantitative estimate of drug-likeness (QED) is 0.907. The van der Waals surface area contributed by atoms with Gasteiger partial charge in [0.1, 0.15) is 11.4 Å². The van der Waals surface area contributed by atoms with Crippen LogP contribution in [0.4, 0.5) is 4.39 Å². The average molecular weight is 300 g/mol. The normalized spacial score (nSPS) is 13.0. The van der Waals surface area contributed by atoms with Gasteiger partial charge in [-0.25, -0.2) is 4.39 Å². The minimum Gasteiger partial charge on any atom is -0.352 e. The molecule has 1 amide bonds. The van der Waals surface area contributed by atoms with Gasteiger partial charge in [-0.3, -0.25) is 9.59 Å². The fraction of sp³-hybridized carbons (Fsp3) is 0.294. The van der Waals surface area contributed by atoms with Crippen molar-refractivity contribution in [1.29, 1.82) is 0 Å². The second-order valence-electron chi connectivity index (χ2n) is 5.51. The van der Waals surface area contributed by atoms with Crippen molar-refractivity contribution in [3.63, 3.8) is 0 Å². The highest BCUT2D eigenvalue weighted by Crippen LogP contribution is 2.18. The van der Waals surface area contributed by atoms with E-state index in [0.717, 1.165) is 36.1 Å². The molecule has 1 aliphatic carbocycles. The molecule has 1 aliphatic rings. The van der Waals surface area contributed by atoms with Crippen LogP contribution in [0.3, 0.4) is 0 Å². The van der Waals surface area contributed by atoms with Crippen LogP contribution < -0.4 is 10.9 Å². The van der Waals surface area contributed by atoms with Gasteiger partial charge in [0.2, 0.25) is 0 Å². The van der Waals surface area contributed by atoms with Gasteiger partial charge >= 0.3 is 0 Å². The van der Waals surface area contributed by atoms with Crippen molar-refractivity contribution in [2.45, 2.75) is 25.7 Å². The molecule has 1 aromatic heterocycles. The van der Waals surface area contributed by atoms with E-state index in [0.29, 0.717) is 13.0 Å². The second kappa shape index (κ2) is 6.13. The molecule has 0 aliphatic heterocycles. The number of carbonyl (C=O) groups is 1. The maximum atomic E-state index is 13.1. The Kier molecular flexibility index (Phi) is 4.04. The van der Waals surface area contributed by atoms with Crippen LogP contribution in [-0.2, 0) is 19.3 Å². The number of fused-ring (bicyclic) bond motifs is 1. The Morgan fingerprint density at radius 3 is 2.95 bits per heavy atom. The number of hydrogen-bond donors (Lipinski definition) is 2. The number of aromatic nitrogens is 1. The third kappa shape index (κ3) is 3.08. The van der Waals surface area contributed by atoms with E-state index in [1.807, 2.05) is 0 Å². The Labute approximate surface area is 127 Å². The molecule has 4 nitrogen and oxygen atoms in total. The van der Waals surface area contributed by atoms with Crippen LogP contribution in [-0.4, -0.2) is 17.4 Å². The molecule has 0 radical (unpaired) electrons. The number of benzene rings is 1. The molecule has 2 N–H and O–H groups in total. The highest BCUT2D eigenvalue weighted by atomic mass is 19.1. The van der Waals surface area contributed by atoms with Crippen molar-refractivity contribution in [1.82, 2.24) is 10.3 Å². The molecule has 0 spiro atoms. The molecular weight excluding hydrogens is 283 g/mol. The zero-order valence-electron chi connectivity index (χ0n) is 12.1. The smallest absolute Gasteiger partial charge is 0.261 e. The average Bonchev–Trinajstić information content (AvgIpc) is 2.93. The monoisotopic (exact) mass is 300 g/mol. The third-order valence-electron chi connectivity index (χ3n) is 3.92. The molecule has 3 rings (SSSR count). The van der Waals surface area contributed by atoms with Gasteiger partial charge < -0.3 is 10.3 Å². The molecule has 0 unspecified atom stereocenters. The van der Waals surface area contributed by atoms with Gasteiger partial charge in [-0.05, 0) is 55.0 Å². The van der Waals surface area contributed by atoms with Crippen molar-refractivity contribution in [3.05, 3.63) is 68.9 Å². The molecule has 2 aromatic rings. The Balaban J connectivity index is 1.64. The number of H-pyrrole nitrogens is 1. The fourth-order valence-corrected chi connectivity index (χ4v) is 2.79. The van der Waals surface area contributed by atoms with Gasteiger partial charge in [0.25, 0.3) is 11.5 Å². The molecule has 0 fully saturated rings. The van der Waals surface area contributed by atoms with E-state index in [2.05, 4.69) is 10.3 Å². The molecule has 114 valence electrons. The number of carbonyl (C=O) groups excluding carboxylic acids is 1. The first-order valence-corrected chi connectivity index (χ1v) is 7.41. The summed E-state index contributed by atoms with van der Waals surface area (Å²) < 4.78 is 13.1. The SMILES string of the molecule is O=C(NCCc1cccc(F)c1)c1cc2c([nH]c1=O)CCC2. The highest BCUT2D eigenvalue weighted by molar-refractivity contribution is 5.94. The molecular formula is C17H17FN2O2. The first-order chi connectivity index (χ1) is 10.6. The highest BCUT2D eigenvalue weighted by Gasteiger charge is 2.17. The van der Waals surface area contributed by atoms with Crippen molar-refractivity contribution in [2.24, 2.45) is 0 Å². The Morgan fingerprint density at radius 1 is 1.27 bits per heavy atom. The van der Waals surface area contributed by atoms with Crippen LogP contribution in [0, 0.1) is 5.82 Å². The van der Waals surface area contributed by atoms with E-state index in [-0.39, 0.29) is 22.8 Å². The summed E-state index contributed by atoms with van der Waals surface area (Å²) in [6, 6.07) is 7.95. The van der Waals surface area contributed by atoms with Crippen LogP contribution in [0.5, 0.6) is 0 Å². The summed E-state index contributed by atoms with van der Waals surface area (Å²) in [5.41, 5.74) is 2.61. The molecule has 1 aromatic carbocycles. The maximum absolute atomic E-state index is 13.1. The summed E-state index contributed by atoms with van der Waals surface area (Å²) in [6.07, 6.45) is 3.30. The molecule has 1 heterocycles. The van der Waals surface area contributed by atoms with Crippen molar-refractivity contribution in [2.75, 3.05) is 6.54 Å². The molecule has 5 heteroatoms. The molecule has 0 atom stereocenters. The number of hydrogen-bond acceptors (Lipinski definition) is 2. The van der Waals surface area contributed by atoms with Gasteiger partial charge in [-0.1, -0.05) is 12.1 Å². The number of rotatable bonds is 4. The molecule has 0 saturated carbocycles. The minimum atomic E-state index is -0.382. The van der Waals surface area contributed by atoms with Crippen LogP contribution in [0.25, 0.3) is 0 Å². The van der Waals surface area contributed by atoms with Crippen molar-refractivity contribution >= 4 is 5.91 Å². The van der Waals surface area contributed by atoms with Crippen molar-refractivity contribution < 1.29 is 9.18 Å². The number of amides is 1. The van der Waals surface area contributed by atoms with Gasteiger partial charge in [0.15, 0.2) is 0 Å². The molecule has 0 bridgehead atoms. The first-order valence-electron chi connectivity index (χ1n) is 7.41. The topological polar surface area (TPSA) is 62.0 Å². The second-order valence-corrected chi connectivity index (χ2v) is 5.51. The van der Waals surface area contributed by atoms with E-state index in [9.17, 15) is 14.0 Å². The van der Waals surface area contributed by atoms with E-state index in [1.54, 1.807) is 18.2 Å². The fourth-order valence-electron chi connectivity index (χ4n) is 2.79. The van der Waals surface area contributed by atoms with E-state index in [4.69, 9.17) is 0 Å². The first kappa shape index (κ1) is 14.5. The largest absolute Gasteiger partial charge is 0.352 e. The Hall–Kier alpha value is -2.43. The van der Waals surface area contributed by atoms with Gasteiger partial charge in [0.05, 0.1) is 0 Å². The summed E-state index contributed by atoms with van der Waals surface area (Å²) in [5, 5.41) is 2.72. The van der Waals surface area contributed by atoms with E-state index in [1.165, 1.54) is 12.1 Å². The van der Waals surface area contributed by atoms with Gasteiger partial charge in [-0.2, -0.15) is 0 Å². The number of halogens is 1. The van der Waals surface area contributed by atoms with Crippen molar-refractivity contribution in [3.8, 4) is 0 Å². The summed E-state index contributed by atoms with van der Waals surface area (Å²) >= 11 is 0. The zero-order valence-corrected chi connectivity index (χ0v) is 12.1. The van der Waals surface area contributed by atoms with Gasteiger partial charge in [-0.15, -0.1) is 0 Å². The summed E-state index contributed by atoms with van der Waals surface area (Å²) in [6.45, 7) is 0.360. The summed E-state index contributed by atoms with van der Waals surface area (Å²) in [4.78, 5) is 26.8. The molecule has 0 saturated heterocycles. The van der Waals surface area contributed by atoms with Crippen LogP contribution >= 0.6 is 0 Å². The lowest BCUT2D eigenvalue weighted by Gasteiger charge is -2.07. The van der Waals surface area contributed by atoms with E-state index < -0.39 is 0 Å². The number of nitrogens with one attached hydrogen (secondary N) is 2. The number of aryl methyl sites for hydroxylation is 2. The zero-order chi connectivity index (χ0) is 15.5. The van der Waals surface area contributed by atoms with Crippen LogP contribution in [0.1, 0.15) is 33.6 Å². The molecule has 22 heavy (non-hydrogen) atoms. The maximum Gasteiger partial charge on any atom is 0.261 e.